The summed E-state index contributed by atoms with van der Waals surface area (Å²) >= 11 is 0. The lowest BCUT2D eigenvalue weighted by Gasteiger charge is -2.31. The first-order valence-electron chi connectivity index (χ1n) is 7.12. The van der Waals surface area contributed by atoms with E-state index < -0.39 is 0 Å². The molecule has 1 heterocycles. The highest BCUT2D eigenvalue weighted by molar-refractivity contribution is 5.96. The van der Waals surface area contributed by atoms with Crippen molar-refractivity contribution in [2.75, 3.05) is 38.2 Å². The van der Waals surface area contributed by atoms with Crippen LogP contribution in [-0.2, 0) is 10.2 Å². The minimum atomic E-state index is -0.260. The standard InChI is InChI=1S/C16H24N2O2/c1-16(2,3)12-5-6-14(13(11-12)15(19)20-4)18-9-7-17-8-10-18/h5-6,11,17H,7-10H2,1-4H3. The maximum Gasteiger partial charge on any atom is 0.339 e. The van der Waals surface area contributed by atoms with Crippen LogP contribution in [0.5, 0.6) is 0 Å². The Bertz CT molecular complexity index is 486. The third-order valence-corrected chi connectivity index (χ3v) is 3.73. The highest BCUT2D eigenvalue weighted by atomic mass is 16.5. The number of hydrogen-bond acceptors (Lipinski definition) is 4. The summed E-state index contributed by atoms with van der Waals surface area (Å²) in [6, 6.07) is 6.14. The molecule has 1 fully saturated rings. The van der Waals surface area contributed by atoms with Gasteiger partial charge in [0, 0.05) is 26.2 Å². The van der Waals surface area contributed by atoms with Crippen LogP contribution in [0.3, 0.4) is 0 Å². The minimum absolute atomic E-state index is 0.0186. The maximum atomic E-state index is 12.1. The molecule has 110 valence electrons. The lowest BCUT2D eigenvalue weighted by atomic mass is 9.85. The molecule has 0 spiro atoms. The third-order valence-electron chi connectivity index (χ3n) is 3.73. The Morgan fingerprint density at radius 2 is 1.90 bits per heavy atom. The SMILES string of the molecule is COC(=O)c1cc(C(C)(C)C)ccc1N1CCNCC1. The molecule has 1 saturated heterocycles. The molecule has 1 N–H and O–H groups in total. The summed E-state index contributed by atoms with van der Waals surface area (Å²) < 4.78 is 4.95. The number of anilines is 1. The highest BCUT2D eigenvalue weighted by Crippen LogP contribution is 2.29. The van der Waals surface area contributed by atoms with Crippen molar-refractivity contribution in [2.24, 2.45) is 0 Å². The summed E-state index contributed by atoms with van der Waals surface area (Å²) in [5.41, 5.74) is 2.81. The van der Waals surface area contributed by atoms with Gasteiger partial charge in [-0.15, -0.1) is 0 Å². The van der Waals surface area contributed by atoms with E-state index in [9.17, 15) is 4.79 Å². The van der Waals surface area contributed by atoms with E-state index in [0.29, 0.717) is 5.56 Å². The summed E-state index contributed by atoms with van der Waals surface area (Å²) in [5, 5.41) is 3.32. The number of carbonyl (C=O) groups is 1. The number of rotatable bonds is 2. The van der Waals surface area contributed by atoms with Crippen molar-refractivity contribution in [1.82, 2.24) is 5.32 Å². The number of nitrogens with one attached hydrogen (secondary N) is 1. The van der Waals surface area contributed by atoms with Gasteiger partial charge in [0.2, 0.25) is 0 Å². The van der Waals surface area contributed by atoms with Gasteiger partial charge in [-0.05, 0) is 23.1 Å². The number of nitrogens with zero attached hydrogens (tertiary/aromatic N) is 1. The monoisotopic (exact) mass is 276 g/mol. The summed E-state index contributed by atoms with van der Waals surface area (Å²) in [5.74, 6) is -0.260. The molecule has 0 radical (unpaired) electrons. The topological polar surface area (TPSA) is 41.6 Å². The van der Waals surface area contributed by atoms with Gasteiger partial charge in [-0.25, -0.2) is 4.79 Å². The molecule has 0 aromatic heterocycles. The summed E-state index contributed by atoms with van der Waals surface area (Å²) in [6.07, 6.45) is 0. The van der Waals surface area contributed by atoms with E-state index in [-0.39, 0.29) is 11.4 Å². The Kier molecular flexibility index (Phi) is 4.33. The predicted molar refractivity (Wildman–Crippen MR) is 81.6 cm³/mol. The molecule has 1 aliphatic heterocycles. The van der Waals surface area contributed by atoms with Crippen molar-refractivity contribution in [3.63, 3.8) is 0 Å². The molecule has 4 heteroatoms. The van der Waals surface area contributed by atoms with E-state index in [1.807, 2.05) is 6.07 Å². The summed E-state index contributed by atoms with van der Waals surface area (Å²) in [7, 11) is 1.44. The summed E-state index contributed by atoms with van der Waals surface area (Å²) in [6.45, 7) is 10.2. The molecule has 1 aliphatic rings. The molecule has 0 amide bonds. The second kappa shape index (κ2) is 5.83. The Hall–Kier alpha value is -1.55. The zero-order valence-electron chi connectivity index (χ0n) is 12.8. The van der Waals surface area contributed by atoms with Gasteiger partial charge in [-0.3, -0.25) is 0 Å². The molecule has 20 heavy (non-hydrogen) atoms. The molecule has 1 aromatic carbocycles. The molecule has 0 saturated carbocycles. The van der Waals surface area contributed by atoms with Crippen LogP contribution in [0, 0.1) is 0 Å². The second-order valence-electron chi connectivity index (χ2n) is 6.21. The molecule has 0 aliphatic carbocycles. The van der Waals surface area contributed by atoms with Gasteiger partial charge in [0.1, 0.15) is 0 Å². The van der Waals surface area contributed by atoms with Crippen molar-refractivity contribution >= 4 is 11.7 Å². The van der Waals surface area contributed by atoms with Crippen LogP contribution in [-0.4, -0.2) is 39.3 Å². The average molecular weight is 276 g/mol. The fourth-order valence-electron chi connectivity index (χ4n) is 2.46. The Morgan fingerprint density at radius 3 is 2.45 bits per heavy atom. The number of methoxy groups -OCH3 is 1. The molecular formula is C16H24N2O2. The number of piperazine rings is 1. The van der Waals surface area contributed by atoms with Crippen LogP contribution < -0.4 is 10.2 Å². The van der Waals surface area contributed by atoms with E-state index in [2.05, 4.69) is 43.1 Å². The van der Waals surface area contributed by atoms with E-state index in [1.165, 1.54) is 7.11 Å². The van der Waals surface area contributed by atoms with Crippen LogP contribution in [0.2, 0.25) is 0 Å². The number of esters is 1. The number of carbonyl (C=O) groups excluding carboxylic acids is 1. The average Bonchev–Trinajstić information content (AvgIpc) is 2.45. The number of benzene rings is 1. The Balaban J connectivity index is 2.42. The molecule has 1 aromatic rings. The van der Waals surface area contributed by atoms with Crippen LogP contribution in [0.4, 0.5) is 5.69 Å². The van der Waals surface area contributed by atoms with Gasteiger partial charge < -0.3 is 15.0 Å². The first-order valence-corrected chi connectivity index (χ1v) is 7.12. The molecule has 4 nitrogen and oxygen atoms in total. The van der Waals surface area contributed by atoms with Crippen molar-refractivity contribution < 1.29 is 9.53 Å². The fourth-order valence-corrected chi connectivity index (χ4v) is 2.46. The lowest BCUT2D eigenvalue weighted by molar-refractivity contribution is 0.0601. The highest BCUT2D eigenvalue weighted by Gasteiger charge is 2.22. The normalized spacial score (nSPS) is 16.1. The quantitative estimate of drug-likeness (QED) is 0.841. The van der Waals surface area contributed by atoms with Crippen molar-refractivity contribution in [1.29, 1.82) is 0 Å². The van der Waals surface area contributed by atoms with E-state index in [1.54, 1.807) is 0 Å². The summed E-state index contributed by atoms with van der Waals surface area (Å²) in [4.78, 5) is 14.3. The molecular weight excluding hydrogens is 252 g/mol. The first-order chi connectivity index (χ1) is 9.43. The van der Waals surface area contributed by atoms with Crippen LogP contribution in [0.25, 0.3) is 0 Å². The maximum absolute atomic E-state index is 12.1. The van der Waals surface area contributed by atoms with Crippen LogP contribution in [0.1, 0.15) is 36.7 Å². The Morgan fingerprint density at radius 1 is 1.25 bits per heavy atom. The van der Waals surface area contributed by atoms with Gasteiger partial charge in [-0.1, -0.05) is 26.8 Å². The Labute approximate surface area is 121 Å². The van der Waals surface area contributed by atoms with E-state index in [0.717, 1.165) is 37.4 Å². The van der Waals surface area contributed by atoms with Gasteiger partial charge in [0.15, 0.2) is 0 Å². The molecule has 0 atom stereocenters. The van der Waals surface area contributed by atoms with Crippen molar-refractivity contribution in [3.05, 3.63) is 29.3 Å². The number of ether oxygens (including phenoxy) is 1. The van der Waals surface area contributed by atoms with Gasteiger partial charge in [-0.2, -0.15) is 0 Å². The van der Waals surface area contributed by atoms with Crippen molar-refractivity contribution in [2.45, 2.75) is 26.2 Å². The molecule has 2 rings (SSSR count). The smallest absolute Gasteiger partial charge is 0.339 e. The van der Waals surface area contributed by atoms with E-state index in [4.69, 9.17) is 4.74 Å². The van der Waals surface area contributed by atoms with Gasteiger partial charge in [0.05, 0.1) is 18.4 Å². The largest absolute Gasteiger partial charge is 0.465 e. The lowest BCUT2D eigenvalue weighted by Crippen LogP contribution is -2.44. The first kappa shape index (κ1) is 14.9. The van der Waals surface area contributed by atoms with Crippen LogP contribution >= 0.6 is 0 Å². The molecule has 0 unspecified atom stereocenters. The van der Waals surface area contributed by atoms with E-state index >= 15 is 0 Å². The third kappa shape index (κ3) is 3.12. The second-order valence-corrected chi connectivity index (χ2v) is 6.21. The minimum Gasteiger partial charge on any atom is -0.465 e. The molecule has 0 bridgehead atoms. The number of hydrogen-bond donors (Lipinski definition) is 1. The fraction of sp³-hybridized carbons (Fsp3) is 0.562. The zero-order valence-corrected chi connectivity index (χ0v) is 12.8. The zero-order chi connectivity index (χ0) is 14.8. The van der Waals surface area contributed by atoms with Crippen molar-refractivity contribution in [3.8, 4) is 0 Å². The van der Waals surface area contributed by atoms with Gasteiger partial charge >= 0.3 is 5.97 Å². The predicted octanol–water partition coefficient (Wildman–Crippen LogP) is 2.18. The van der Waals surface area contributed by atoms with Crippen LogP contribution in [0.15, 0.2) is 18.2 Å². The van der Waals surface area contributed by atoms with Gasteiger partial charge in [0.25, 0.3) is 0 Å².